The number of sulfonamides is 1. The van der Waals surface area contributed by atoms with Crippen LogP contribution in [0, 0.1) is 0 Å². The van der Waals surface area contributed by atoms with Crippen molar-refractivity contribution >= 4 is 67.1 Å². The number of rotatable bonds is 20. The Morgan fingerprint density at radius 3 is 2.40 bits per heavy atom. The summed E-state index contributed by atoms with van der Waals surface area (Å²) >= 11 is 1.22. The van der Waals surface area contributed by atoms with Crippen LogP contribution in [0.5, 0.6) is 11.5 Å². The lowest BCUT2D eigenvalue weighted by atomic mass is 9.96. The maximum Gasteiger partial charge on any atom is 0.408 e. The van der Waals surface area contributed by atoms with E-state index in [1.165, 1.54) is 43.3 Å². The van der Waals surface area contributed by atoms with Crippen molar-refractivity contribution in [2.75, 3.05) is 19.0 Å². The van der Waals surface area contributed by atoms with Crippen LogP contribution in [0.4, 0.5) is 9.93 Å². The number of pyridine rings is 1. The second-order valence-electron chi connectivity index (χ2n) is 16.7. The number of aromatic nitrogens is 2. The summed E-state index contributed by atoms with van der Waals surface area (Å²) in [5, 5.41) is 10.1. The molecule has 17 nitrogen and oxygen atoms in total. The first-order valence-electron chi connectivity index (χ1n) is 20.5. The van der Waals surface area contributed by atoms with Crippen molar-refractivity contribution in [3.05, 3.63) is 55.0 Å². The molecule has 3 heterocycles. The van der Waals surface area contributed by atoms with Crippen molar-refractivity contribution in [3.8, 4) is 22.9 Å². The Morgan fingerprint density at radius 1 is 1.02 bits per heavy atom. The normalized spacial score (nSPS) is 17.9. The lowest BCUT2D eigenvalue weighted by molar-refractivity contribution is -0.142. The van der Waals surface area contributed by atoms with Crippen LogP contribution in [0.1, 0.15) is 92.4 Å². The molecule has 4 atom stereocenters. The number of benzene rings is 1. The van der Waals surface area contributed by atoms with Crippen LogP contribution < -0.4 is 30.1 Å². The highest BCUT2D eigenvalue weighted by Crippen LogP contribution is 2.36. The molecule has 1 saturated heterocycles. The summed E-state index contributed by atoms with van der Waals surface area (Å²) in [5.74, 6) is -1.66. The van der Waals surface area contributed by atoms with Crippen LogP contribution in [0.15, 0.2) is 55.0 Å². The summed E-state index contributed by atoms with van der Waals surface area (Å²) in [5.41, 5.74) is -1.26. The molecule has 1 aliphatic heterocycles. The van der Waals surface area contributed by atoms with Crippen molar-refractivity contribution in [2.24, 2.45) is 0 Å². The number of nitrogens with zero attached hydrogens (tertiary/aromatic N) is 3. The molecule has 3 aromatic rings. The maximum atomic E-state index is 14.7. The fourth-order valence-corrected chi connectivity index (χ4v) is 9.11. The number of hydrogen-bond donors (Lipinski definition) is 4. The predicted molar refractivity (Wildman–Crippen MR) is 236 cm³/mol. The summed E-state index contributed by atoms with van der Waals surface area (Å²) < 4.78 is 45.4. The zero-order valence-corrected chi connectivity index (χ0v) is 37.7. The van der Waals surface area contributed by atoms with Gasteiger partial charge in [0.25, 0.3) is 5.91 Å². The summed E-state index contributed by atoms with van der Waals surface area (Å²) in [6, 6.07) is 4.59. The van der Waals surface area contributed by atoms with Gasteiger partial charge in [-0.3, -0.25) is 23.9 Å². The number of anilines is 1. The summed E-state index contributed by atoms with van der Waals surface area (Å²) in [6.45, 7) is 15.3. The van der Waals surface area contributed by atoms with Gasteiger partial charge in [0.05, 0.1) is 30.1 Å². The first-order chi connectivity index (χ1) is 29.2. The molecule has 1 aromatic carbocycles. The van der Waals surface area contributed by atoms with Crippen molar-refractivity contribution in [1.82, 2.24) is 30.2 Å². The van der Waals surface area contributed by atoms with Crippen LogP contribution in [0.2, 0.25) is 0 Å². The number of ether oxygens (including phenoxy) is 3. The summed E-state index contributed by atoms with van der Waals surface area (Å²) in [7, 11) is -2.45. The van der Waals surface area contributed by atoms with Gasteiger partial charge in [-0.2, -0.15) is 0 Å². The van der Waals surface area contributed by atoms with Gasteiger partial charge in [-0.1, -0.05) is 25.0 Å². The molecule has 4 N–H and O–H groups in total. The highest BCUT2D eigenvalue weighted by Gasteiger charge is 2.47. The van der Waals surface area contributed by atoms with E-state index in [0.717, 1.165) is 19.3 Å². The van der Waals surface area contributed by atoms with E-state index in [0.29, 0.717) is 58.2 Å². The van der Waals surface area contributed by atoms with E-state index in [1.807, 2.05) is 6.08 Å². The molecule has 2 aliphatic rings. The number of unbranched alkanes of at least 4 members (excludes halogenated alkanes) is 3. The Hall–Kier alpha value is -5.56. The van der Waals surface area contributed by atoms with Gasteiger partial charge < -0.3 is 35.1 Å². The minimum atomic E-state index is -3.97. The first-order valence-corrected chi connectivity index (χ1v) is 23.0. The predicted octanol–water partition coefficient (Wildman–Crippen LogP) is 5.76. The Balaban J connectivity index is 1.51. The van der Waals surface area contributed by atoms with Gasteiger partial charge in [-0.15, -0.1) is 24.5 Å². The van der Waals surface area contributed by atoms with E-state index in [2.05, 4.69) is 38.8 Å². The second kappa shape index (κ2) is 20.1. The van der Waals surface area contributed by atoms with Crippen LogP contribution in [-0.4, -0.2) is 101 Å². The quantitative estimate of drug-likeness (QED) is 0.0785. The Labute approximate surface area is 366 Å². The zero-order chi connectivity index (χ0) is 45.4. The van der Waals surface area contributed by atoms with Gasteiger partial charge in [0, 0.05) is 36.2 Å². The molecule has 2 aromatic heterocycles. The van der Waals surface area contributed by atoms with Crippen molar-refractivity contribution < 1.29 is 46.6 Å². The molecule has 0 spiro atoms. The molecule has 0 bridgehead atoms. The fourth-order valence-electron chi connectivity index (χ4n) is 6.96. The zero-order valence-electron chi connectivity index (χ0n) is 36.1. The molecule has 2 fully saturated rings. The highest BCUT2D eigenvalue weighted by molar-refractivity contribution is 7.91. The minimum Gasteiger partial charge on any atom is -0.497 e. The topological polar surface area (TPSA) is 224 Å². The van der Waals surface area contributed by atoms with Gasteiger partial charge in [-0.25, -0.2) is 23.2 Å². The van der Waals surface area contributed by atoms with Gasteiger partial charge in [-0.05, 0) is 78.4 Å². The number of nitrogens with one attached hydrogen (secondary N) is 4. The van der Waals surface area contributed by atoms with Crippen LogP contribution >= 0.6 is 11.3 Å². The number of amides is 5. The SMILES string of the molecule is C=CCCCCCC(NC(=O)OC(C)(C)C)C(=O)N1CC(Oc2cc(-c3csc(NC(C)=O)n3)nc3cc(OC)ccc23)CC1C(=O)NC(C)(CC=C)C(=O)NS(=O)(=O)C1CC1. The number of thiazole rings is 1. The third-order valence-corrected chi connectivity index (χ3v) is 12.8. The Morgan fingerprint density at radius 2 is 1.76 bits per heavy atom. The van der Waals surface area contributed by atoms with Crippen LogP contribution in [-0.2, 0) is 33.9 Å². The van der Waals surface area contributed by atoms with E-state index in [9.17, 15) is 32.4 Å². The smallest absolute Gasteiger partial charge is 0.408 e. The van der Waals surface area contributed by atoms with Crippen LogP contribution in [0.25, 0.3) is 22.3 Å². The average molecular weight is 896 g/mol. The molecular weight excluding hydrogens is 839 g/mol. The lowest BCUT2D eigenvalue weighted by Gasteiger charge is -2.33. The van der Waals surface area contributed by atoms with Crippen molar-refractivity contribution in [1.29, 1.82) is 0 Å². The van der Waals surface area contributed by atoms with Crippen molar-refractivity contribution in [2.45, 2.75) is 127 Å². The average Bonchev–Trinajstić information content (AvgIpc) is 3.83. The molecule has 336 valence electrons. The number of alkyl carbamates (subject to hydrolysis) is 1. The van der Waals surface area contributed by atoms with E-state index in [1.54, 1.807) is 50.4 Å². The number of carbonyl (C=O) groups excluding carboxylic acids is 5. The third-order valence-electron chi connectivity index (χ3n) is 10.2. The fraction of sp³-hybridized carbons (Fsp3) is 0.512. The molecule has 0 radical (unpaired) electrons. The van der Waals surface area contributed by atoms with E-state index in [4.69, 9.17) is 19.2 Å². The largest absolute Gasteiger partial charge is 0.497 e. The Kier molecular flexibility index (Phi) is 15.4. The number of fused-ring (bicyclic) bond motifs is 1. The number of carbonyl (C=O) groups is 5. The molecular formula is C43H57N7O10S2. The van der Waals surface area contributed by atoms with Gasteiger partial charge in [0.15, 0.2) is 5.13 Å². The Bertz CT molecular complexity index is 2290. The number of methoxy groups -OCH3 is 1. The lowest BCUT2D eigenvalue weighted by Crippen LogP contribution is -2.61. The van der Waals surface area contributed by atoms with E-state index < -0.39 is 68.4 Å². The summed E-state index contributed by atoms with van der Waals surface area (Å²) in [6.07, 6.45) is 5.37. The molecule has 19 heteroatoms. The van der Waals surface area contributed by atoms with Crippen molar-refractivity contribution in [3.63, 3.8) is 0 Å². The number of likely N-dealkylation sites (tertiary alicyclic amines) is 1. The maximum absolute atomic E-state index is 14.7. The monoisotopic (exact) mass is 895 g/mol. The highest BCUT2D eigenvalue weighted by atomic mass is 32.2. The van der Waals surface area contributed by atoms with Gasteiger partial charge in [0.1, 0.15) is 46.5 Å². The van der Waals surface area contributed by atoms with E-state index >= 15 is 0 Å². The molecule has 1 saturated carbocycles. The molecule has 4 unspecified atom stereocenters. The summed E-state index contributed by atoms with van der Waals surface area (Å²) in [4.78, 5) is 78.4. The molecule has 5 amide bonds. The molecule has 62 heavy (non-hydrogen) atoms. The first kappa shape index (κ1) is 47.5. The van der Waals surface area contributed by atoms with E-state index in [-0.39, 0.29) is 31.7 Å². The molecule has 1 aliphatic carbocycles. The third kappa shape index (κ3) is 12.5. The molecule has 5 rings (SSSR count). The van der Waals surface area contributed by atoms with Gasteiger partial charge >= 0.3 is 6.09 Å². The number of allylic oxidation sites excluding steroid dienone is 1. The number of hydrogen-bond acceptors (Lipinski definition) is 13. The minimum absolute atomic E-state index is 0.0547. The standard InChI is InChI=1S/C43H57N7O10S2/c1-9-11-12-13-14-15-31(47-41(55)60-42(4,5)6)38(53)50-24-28(22-35(50)37(52)48-43(7,20-10-2)39(54)49-62(56,57)29-17-18-29)59-36-23-33(34-25-61-40(46-34)44-26(3)51)45-32-21-27(58-8)16-19-30(32)36/h9-10,16,19,21,23,25,28-29,31,35H,1-2,11-15,17-18,20,22,24H2,3-8H3,(H,47,55)(H,48,52)(H,49,54)(H,44,46,51). The van der Waals surface area contributed by atoms with Gasteiger partial charge in [0.2, 0.25) is 27.7 Å². The van der Waals surface area contributed by atoms with Crippen LogP contribution in [0.3, 0.4) is 0 Å². The second-order valence-corrected chi connectivity index (χ2v) is 19.5.